The normalized spacial score (nSPS) is 17.6. The van der Waals surface area contributed by atoms with Crippen molar-refractivity contribution in [2.24, 2.45) is 5.41 Å². The van der Waals surface area contributed by atoms with E-state index < -0.39 is 18.1 Å². The van der Waals surface area contributed by atoms with Gasteiger partial charge < -0.3 is 20.1 Å². The average molecular weight is 479 g/mol. The summed E-state index contributed by atoms with van der Waals surface area (Å²) in [5.41, 5.74) is 4.64. The number of nitrogens with one attached hydrogen (secondary N) is 1. The number of aliphatic carboxylic acids is 1. The first kappa shape index (κ1) is 24.8. The van der Waals surface area contributed by atoms with E-state index in [9.17, 15) is 14.4 Å². The monoisotopic (exact) mass is 478 g/mol. The minimum Gasteiger partial charge on any atom is -0.481 e. The topological polar surface area (TPSA) is 95.9 Å². The van der Waals surface area contributed by atoms with Gasteiger partial charge in [0.15, 0.2) is 0 Å². The number of hydrogen-bond acceptors (Lipinski definition) is 4. The van der Waals surface area contributed by atoms with Crippen LogP contribution in [0.4, 0.5) is 4.79 Å². The van der Waals surface area contributed by atoms with Crippen LogP contribution in [0.15, 0.2) is 48.5 Å². The Labute approximate surface area is 206 Å². The van der Waals surface area contributed by atoms with E-state index in [1.165, 1.54) is 0 Å². The summed E-state index contributed by atoms with van der Waals surface area (Å²) in [6.07, 6.45) is 1.89. The van der Waals surface area contributed by atoms with Gasteiger partial charge in [0.05, 0.1) is 0 Å². The van der Waals surface area contributed by atoms with Crippen LogP contribution in [0.1, 0.15) is 63.0 Å². The van der Waals surface area contributed by atoms with Crippen LogP contribution < -0.4 is 5.32 Å². The maximum absolute atomic E-state index is 13.3. The van der Waals surface area contributed by atoms with Crippen LogP contribution in [-0.4, -0.2) is 53.7 Å². The molecule has 1 heterocycles. The Morgan fingerprint density at radius 1 is 1.03 bits per heavy atom. The number of carboxylic acid groups (broad SMARTS) is 1. The van der Waals surface area contributed by atoms with Crippen molar-refractivity contribution >= 4 is 18.0 Å². The van der Waals surface area contributed by atoms with Crippen LogP contribution in [0.5, 0.6) is 0 Å². The van der Waals surface area contributed by atoms with Gasteiger partial charge in [0, 0.05) is 25.4 Å². The Bertz CT molecular complexity index is 1050. The van der Waals surface area contributed by atoms with Crippen LogP contribution in [0.2, 0.25) is 0 Å². The van der Waals surface area contributed by atoms with Crippen LogP contribution >= 0.6 is 0 Å². The fourth-order valence-corrected chi connectivity index (χ4v) is 5.17. The number of rotatable bonds is 7. The Morgan fingerprint density at radius 3 is 2.29 bits per heavy atom. The van der Waals surface area contributed by atoms with Crippen LogP contribution in [-0.2, 0) is 14.3 Å². The third-order valence-electron chi connectivity index (χ3n) is 7.23. The molecule has 7 nitrogen and oxygen atoms in total. The lowest BCUT2D eigenvalue weighted by Crippen LogP contribution is -2.49. The predicted molar refractivity (Wildman–Crippen MR) is 133 cm³/mol. The molecule has 4 rings (SSSR count). The second-order valence-corrected chi connectivity index (χ2v) is 10.3. The Balaban J connectivity index is 1.42. The number of benzene rings is 2. The fraction of sp³-hybridized carbons (Fsp3) is 0.464. The highest BCUT2D eigenvalue weighted by Gasteiger charge is 2.32. The van der Waals surface area contributed by atoms with Crippen molar-refractivity contribution in [3.05, 3.63) is 59.7 Å². The Hall–Kier alpha value is -3.35. The molecule has 1 saturated heterocycles. The first-order valence-corrected chi connectivity index (χ1v) is 12.4. The lowest BCUT2D eigenvalue weighted by Gasteiger charge is -2.27. The van der Waals surface area contributed by atoms with E-state index in [0.29, 0.717) is 13.1 Å². The first-order valence-electron chi connectivity index (χ1n) is 12.4. The molecule has 2 amide bonds. The molecule has 1 fully saturated rings. The van der Waals surface area contributed by atoms with E-state index in [1.807, 2.05) is 36.4 Å². The molecule has 1 aliphatic heterocycles. The third kappa shape index (κ3) is 5.84. The van der Waals surface area contributed by atoms with Crippen molar-refractivity contribution in [1.82, 2.24) is 10.2 Å². The number of likely N-dealkylation sites (tertiary alicyclic amines) is 1. The zero-order valence-corrected chi connectivity index (χ0v) is 20.5. The molecular formula is C28H34N2O5. The Morgan fingerprint density at radius 2 is 1.66 bits per heavy atom. The maximum atomic E-state index is 13.3. The second kappa shape index (κ2) is 10.5. The number of hydrogen-bond donors (Lipinski definition) is 2. The van der Waals surface area contributed by atoms with Crippen molar-refractivity contribution in [3.63, 3.8) is 0 Å². The number of alkyl carbamates (subject to hydrolysis) is 1. The summed E-state index contributed by atoms with van der Waals surface area (Å²) < 4.78 is 5.60. The van der Waals surface area contributed by atoms with Crippen molar-refractivity contribution in [2.75, 3.05) is 19.7 Å². The number of carbonyl (C=O) groups is 3. The molecule has 1 aliphatic carbocycles. The number of carboxylic acids is 1. The molecule has 1 unspecified atom stereocenters. The standard InChI is InChI=1S/C28H34N2O5/c1-28(2)14-7-16-30(17-15-28)26(33)24(12-13-25(31)32)29-27(34)35-18-23-21-10-5-3-8-19(21)20-9-4-6-11-22(20)23/h3-6,8-11,23-24H,7,12-18H2,1-2H3,(H,29,34)(H,31,32). The Kier molecular flexibility index (Phi) is 7.43. The van der Waals surface area contributed by atoms with E-state index >= 15 is 0 Å². The number of carbonyl (C=O) groups excluding carboxylic acids is 2. The second-order valence-electron chi connectivity index (χ2n) is 10.3. The fourth-order valence-electron chi connectivity index (χ4n) is 5.17. The summed E-state index contributed by atoms with van der Waals surface area (Å²) in [6, 6.07) is 15.2. The number of ether oxygens (including phenoxy) is 1. The lowest BCUT2D eigenvalue weighted by molar-refractivity contribution is -0.138. The van der Waals surface area contributed by atoms with E-state index in [-0.39, 0.29) is 36.7 Å². The van der Waals surface area contributed by atoms with Crippen LogP contribution in [0.3, 0.4) is 0 Å². The van der Waals surface area contributed by atoms with Gasteiger partial charge in [-0.25, -0.2) is 4.79 Å². The molecule has 2 N–H and O–H groups in total. The zero-order chi connectivity index (χ0) is 25.0. The first-order chi connectivity index (χ1) is 16.7. The van der Waals surface area contributed by atoms with Gasteiger partial charge in [0.2, 0.25) is 5.91 Å². The summed E-state index contributed by atoms with van der Waals surface area (Å²) in [4.78, 5) is 39.0. The van der Waals surface area contributed by atoms with Gasteiger partial charge in [-0.3, -0.25) is 9.59 Å². The van der Waals surface area contributed by atoms with E-state index in [2.05, 4.69) is 31.3 Å². The molecule has 2 aromatic rings. The summed E-state index contributed by atoms with van der Waals surface area (Å²) in [7, 11) is 0. The average Bonchev–Trinajstić information content (AvgIpc) is 3.03. The van der Waals surface area contributed by atoms with Gasteiger partial charge in [-0.05, 0) is 53.4 Å². The van der Waals surface area contributed by atoms with Crippen LogP contribution in [0.25, 0.3) is 11.1 Å². The molecule has 0 saturated carbocycles. The molecule has 0 bridgehead atoms. The molecule has 2 aliphatic rings. The molecule has 35 heavy (non-hydrogen) atoms. The van der Waals surface area contributed by atoms with Crippen molar-refractivity contribution in [2.45, 2.75) is 57.9 Å². The predicted octanol–water partition coefficient (Wildman–Crippen LogP) is 4.80. The number of amides is 2. The molecule has 2 aromatic carbocycles. The highest BCUT2D eigenvalue weighted by atomic mass is 16.5. The highest BCUT2D eigenvalue weighted by molar-refractivity contribution is 5.86. The van der Waals surface area contributed by atoms with Gasteiger partial charge in [-0.15, -0.1) is 0 Å². The summed E-state index contributed by atoms with van der Waals surface area (Å²) in [5.74, 6) is -1.33. The largest absolute Gasteiger partial charge is 0.481 e. The SMILES string of the molecule is CC1(C)CCCN(C(=O)C(CCC(=O)O)NC(=O)OCC2c3ccccc3-c3ccccc32)CC1. The van der Waals surface area contributed by atoms with E-state index in [1.54, 1.807) is 4.90 Å². The number of nitrogens with zero attached hydrogens (tertiary/aromatic N) is 1. The third-order valence-corrected chi connectivity index (χ3v) is 7.23. The smallest absolute Gasteiger partial charge is 0.407 e. The molecule has 0 spiro atoms. The summed E-state index contributed by atoms with van der Waals surface area (Å²) >= 11 is 0. The van der Waals surface area contributed by atoms with E-state index in [0.717, 1.165) is 41.5 Å². The van der Waals surface area contributed by atoms with Gasteiger partial charge in [0.1, 0.15) is 12.6 Å². The molecule has 0 aromatic heterocycles. The van der Waals surface area contributed by atoms with Crippen molar-refractivity contribution in [1.29, 1.82) is 0 Å². The zero-order valence-electron chi connectivity index (χ0n) is 20.5. The minimum absolute atomic E-state index is 0.0260. The van der Waals surface area contributed by atoms with E-state index in [4.69, 9.17) is 9.84 Å². The molecule has 186 valence electrons. The van der Waals surface area contributed by atoms with Gasteiger partial charge >= 0.3 is 12.1 Å². The maximum Gasteiger partial charge on any atom is 0.407 e. The summed E-state index contributed by atoms with van der Waals surface area (Å²) in [5, 5.41) is 11.8. The number of fused-ring (bicyclic) bond motifs is 3. The molecule has 1 atom stereocenters. The lowest BCUT2D eigenvalue weighted by atomic mass is 9.85. The molecular weight excluding hydrogens is 444 g/mol. The minimum atomic E-state index is -1.01. The highest BCUT2D eigenvalue weighted by Crippen LogP contribution is 2.44. The summed E-state index contributed by atoms with van der Waals surface area (Å²) in [6.45, 7) is 5.73. The molecule has 0 radical (unpaired) electrons. The quantitative estimate of drug-likeness (QED) is 0.596. The van der Waals surface area contributed by atoms with Gasteiger partial charge in [-0.1, -0.05) is 62.4 Å². The van der Waals surface area contributed by atoms with Crippen molar-refractivity contribution < 1.29 is 24.2 Å². The van der Waals surface area contributed by atoms with Gasteiger partial charge in [-0.2, -0.15) is 0 Å². The van der Waals surface area contributed by atoms with Gasteiger partial charge in [0.25, 0.3) is 0 Å². The molecule has 7 heteroatoms. The van der Waals surface area contributed by atoms with Crippen LogP contribution in [0, 0.1) is 5.41 Å². The van der Waals surface area contributed by atoms with Crippen molar-refractivity contribution in [3.8, 4) is 11.1 Å².